The Morgan fingerprint density at radius 3 is 2.65 bits per heavy atom. The van der Waals surface area contributed by atoms with Crippen LogP contribution in [0.3, 0.4) is 0 Å². The lowest BCUT2D eigenvalue weighted by molar-refractivity contribution is -0.141. The zero-order valence-electron chi connectivity index (χ0n) is 9.63. The molecule has 1 rings (SSSR count). The van der Waals surface area contributed by atoms with Crippen LogP contribution in [0, 0.1) is 5.41 Å². The van der Waals surface area contributed by atoms with Gasteiger partial charge in [-0.2, -0.15) is 0 Å². The summed E-state index contributed by atoms with van der Waals surface area (Å²) in [4.78, 5) is 13.6. The number of esters is 1. The Labute approximate surface area is 99.7 Å². The number of hydrogen-bond donors (Lipinski definition) is 0. The third-order valence-electron chi connectivity index (χ3n) is 2.80. The van der Waals surface area contributed by atoms with Gasteiger partial charge in [-0.1, -0.05) is 5.11 Å². The number of rotatable bonds is 7. The molecular formula is C9H15N3O4S. The number of sulfone groups is 1. The molecule has 1 fully saturated rings. The average Bonchev–Trinajstić information content (AvgIpc) is 2.96. The minimum absolute atomic E-state index is 0.0317. The van der Waals surface area contributed by atoms with E-state index in [1.165, 1.54) is 7.11 Å². The maximum Gasteiger partial charge on any atom is 0.306 e. The summed E-state index contributed by atoms with van der Waals surface area (Å²) in [5, 5.41) is 3.19. The molecule has 7 nitrogen and oxygen atoms in total. The summed E-state index contributed by atoms with van der Waals surface area (Å²) in [5.74, 6) is -0.580. The van der Waals surface area contributed by atoms with E-state index in [-0.39, 0.29) is 30.4 Å². The Balaban J connectivity index is 2.52. The highest BCUT2D eigenvalue weighted by Crippen LogP contribution is 2.50. The highest BCUT2D eigenvalue weighted by atomic mass is 32.2. The fourth-order valence-corrected chi connectivity index (χ4v) is 3.52. The van der Waals surface area contributed by atoms with E-state index in [0.29, 0.717) is 0 Å². The topological polar surface area (TPSA) is 109 Å². The van der Waals surface area contributed by atoms with E-state index >= 15 is 0 Å². The van der Waals surface area contributed by atoms with Gasteiger partial charge < -0.3 is 4.74 Å². The van der Waals surface area contributed by atoms with Crippen LogP contribution in [-0.2, 0) is 19.4 Å². The van der Waals surface area contributed by atoms with E-state index < -0.39 is 15.3 Å². The molecule has 0 aliphatic heterocycles. The second kappa shape index (κ2) is 5.37. The van der Waals surface area contributed by atoms with Gasteiger partial charge in [0.05, 0.1) is 25.0 Å². The van der Waals surface area contributed by atoms with E-state index in [4.69, 9.17) is 5.53 Å². The predicted molar refractivity (Wildman–Crippen MR) is 61.0 cm³/mol. The molecule has 0 atom stereocenters. The Hall–Kier alpha value is -1.27. The lowest BCUT2D eigenvalue weighted by atomic mass is 10.1. The molecule has 0 N–H and O–H groups in total. The van der Waals surface area contributed by atoms with Crippen LogP contribution in [0.5, 0.6) is 0 Å². The predicted octanol–water partition coefficient (Wildman–Crippen LogP) is 1.05. The van der Waals surface area contributed by atoms with Crippen molar-refractivity contribution in [1.29, 1.82) is 0 Å². The standard InChI is InChI=1S/C9H15N3O4S/c1-16-8(13)6-9(2-3-9)7-17(14,15)5-4-11-12-10/h2-7H2,1H3. The van der Waals surface area contributed by atoms with Gasteiger partial charge in [-0.25, -0.2) is 8.42 Å². The first-order valence-electron chi connectivity index (χ1n) is 5.21. The maximum atomic E-state index is 11.7. The van der Waals surface area contributed by atoms with Crippen molar-refractivity contribution in [2.24, 2.45) is 10.5 Å². The third kappa shape index (κ3) is 4.62. The van der Waals surface area contributed by atoms with Crippen molar-refractivity contribution in [2.75, 3.05) is 25.2 Å². The van der Waals surface area contributed by atoms with E-state index in [2.05, 4.69) is 14.8 Å². The summed E-state index contributed by atoms with van der Waals surface area (Å²) in [5.41, 5.74) is 7.62. The number of carbonyl (C=O) groups is 1. The minimum atomic E-state index is -3.28. The molecule has 8 heteroatoms. The Kier molecular flexibility index (Phi) is 4.36. The lowest BCUT2D eigenvalue weighted by Crippen LogP contribution is -2.24. The molecular weight excluding hydrogens is 246 g/mol. The van der Waals surface area contributed by atoms with E-state index in [1.54, 1.807) is 0 Å². The normalized spacial score (nSPS) is 17.0. The van der Waals surface area contributed by atoms with Gasteiger partial charge in [0.2, 0.25) is 0 Å². The fourth-order valence-electron chi connectivity index (χ4n) is 1.69. The monoisotopic (exact) mass is 261 g/mol. The molecule has 17 heavy (non-hydrogen) atoms. The highest BCUT2D eigenvalue weighted by molar-refractivity contribution is 7.91. The van der Waals surface area contributed by atoms with E-state index in [1.807, 2.05) is 0 Å². The first-order chi connectivity index (χ1) is 7.93. The summed E-state index contributed by atoms with van der Waals surface area (Å²) in [6.45, 7) is -0.0624. The number of azide groups is 1. The molecule has 0 heterocycles. The largest absolute Gasteiger partial charge is 0.469 e. The molecule has 1 saturated carbocycles. The average molecular weight is 261 g/mol. The van der Waals surface area contributed by atoms with Crippen molar-refractivity contribution >= 4 is 15.8 Å². The van der Waals surface area contributed by atoms with Crippen LogP contribution in [0.25, 0.3) is 10.4 Å². The molecule has 1 aliphatic carbocycles. The van der Waals surface area contributed by atoms with Crippen molar-refractivity contribution in [3.8, 4) is 0 Å². The molecule has 0 bridgehead atoms. The molecule has 1 aliphatic rings. The first-order valence-corrected chi connectivity index (χ1v) is 7.03. The summed E-state index contributed by atoms with van der Waals surface area (Å²) < 4.78 is 27.9. The molecule has 0 radical (unpaired) electrons. The van der Waals surface area contributed by atoms with Crippen LogP contribution in [0.1, 0.15) is 19.3 Å². The van der Waals surface area contributed by atoms with Crippen molar-refractivity contribution in [1.82, 2.24) is 0 Å². The summed E-state index contributed by atoms with van der Waals surface area (Å²) in [7, 11) is -1.99. The van der Waals surface area contributed by atoms with Crippen LogP contribution >= 0.6 is 0 Å². The van der Waals surface area contributed by atoms with Crippen molar-refractivity contribution in [2.45, 2.75) is 19.3 Å². The van der Waals surface area contributed by atoms with Crippen molar-refractivity contribution in [3.05, 3.63) is 10.4 Å². The first kappa shape index (κ1) is 13.8. The van der Waals surface area contributed by atoms with Gasteiger partial charge in [-0.05, 0) is 23.8 Å². The zero-order valence-corrected chi connectivity index (χ0v) is 10.4. The van der Waals surface area contributed by atoms with E-state index in [0.717, 1.165) is 12.8 Å². The smallest absolute Gasteiger partial charge is 0.306 e. The van der Waals surface area contributed by atoms with Gasteiger partial charge in [0, 0.05) is 11.5 Å². The van der Waals surface area contributed by atoms with Gasteiger partial charge in [-0.3, -0.25) is 4.79 Å². The Morgan fingerprint density at radius 1 is 1.53 bits per heavy atom. The van der Waals surface area contributed by atoms with Crippen LogP contribution in [0.4, 0.5) is 0 Å². The van der Waals surface area contributed by atoms with Crippen LogP contribution in [0.2, 0.25) is 0 Å². The molecule has 0 aromatic rings. The van der Waals surface area contributed by atoms with Gasteiger partial charge >= 0.3 is 5.97 Å². The molecule has 0 saturated heterocycles. The Bertz CT molecular complexity index is 435. The van der Waals surface area contributed by atoms with Gasteiger partial charge in [0.15, 0.2) is 9.84 Å². The molecule has 0 amide bonds. The Morgan fingerprint density at radius 2 is 2.18 bits per heavy atom. The van der Waals surface area contributed by atoms with Crippen LogP contribution in [-0.4, -0.2) is 39.5 Å². The molecule has 96 valence electrons. The summed E-state index contributed by atoms with van der Waals surface area (Å²) in [6.07, 6.45) is 1.59. The zero-order chi connectivity index (χ0) is 12.9. The van der Waals surface area contributed by atoms with Crippen LogP contribution < -0.4 is 0 Å². The molecule has 0 aromatic carbocycles. The molecule has 0 aromatic heterocycles. The lowest BCUT2D eigenvalue weighted by Gasteiger charge is -2.13. The molecule has 0 unspecified atom stereocenters. The minimum Gasteiger partial charge on any atom is -0.469 e. The number of carbonyl (C=O) groups excluding carboxylic acids is 1. The molecule has 0 spiro atoms. The van der Waals surface area contributed by atoms with Gasteiger partial charge in [0.1, 0.15) is 0 Å². The second-order valence-electron chi connectivity index (χ2n) is 4.30. The van der Waals surface area contributed by atoms with E-state index in [9.17, 15) is 13.2 Å². The van der Waals surface area contributed by atoms with Crippen LogP contribution in [0.15, 0.2) is 5.11 Å². The summed E-state index contributed by atoms with van der Waals surface area (Å²) >= 11 is 0. The highest BCUT2D eigenvalue weighted by Gasteiger charge is 2.47. The number of hydrogen-bond acceptors (Lipinski definition) is 5. The van der Waals surface area contributed by atoms with Crippen molar-refractivity contribution in [3.63, 3.8) is 0 Å². The number of nitrogens with zero attached hydrogens (tertiary/aromatic N) is 3. The quantitative estimate of drug-likeness (QED) is 0.295. The fraction of sp³-hybridized carbons (Fsp3) is 0.889. The van der Waals surface area contributed by atoms with Gasteiger partial charge in [0.25, 0.3) is 0 Å². The maximum absolute atomic E-state index is 11.7. The third-order valence-corrected chi connectivity index (χ3v) is 4.65. The van der Waals surface area contributed by atoms with Gasteiger partial charge in [-0.15, -0.1) is 0 Å². The SMILES string of the molecule is COC(=O)CC1(CS(=O)(=O)CCN=[N+]=[N-])CC1. The summed E-state index contributed by atoms with van der Waals surface area (Å²) in [6, 6.07) is 0. The number of ether oxygens (including phenoxy) is 1. The second-order valence-corrected chi connectivity index (χ2v) is 6.48. The van der Waals surface area contributed by atoms with Crippen molar-refractivity contribution < 1.29 is 17.9 Å². The number of methoxy groups -OCH3 is 1.